The van der Waals surface area contributed by atoms with Crippen molar-refractivity contribution in [2.75, 3.05) is 25.5 Å². The lowest BCUT2D eigenvalue weighted by Gasteiger charge is -2.36. The summed E-state index contributed by atoms with van der Waals surface area (Å²) >= 11 is 6.19. The molecule has 1 heterocycles. The molecule has 0 radical (unpaired) electrons. The van der Waals surface area contributed by atoms with Crippen molar-refractivity contribution in [3.63, 3.8) is 0 Å². The van der Waals surface area contributed by atoms with Gasteiger partial charge in [0, 0.05) is 35.3 Å². The Morgan fingerprint density at radius 2 is 1.73 bits per heavy atom. The number of methoxy groups -OCH3 is 2. The number of ether oxygens (including phenoxy) is 2. The van der Waals surface area contributed by atoms with Crippen LogP contribution in [0.3, 0.4) is 0 Å². The zero-order chi connectivity index (χ0) is 33.3. The number of carbonyl (C=O) groups excluding carboxylic acids is 1. The first-order valence-electron chi connectivity index (χ1n) is 14.2. The molecule has 1 aromatic heterocycles. The van der Waals surface area contributed by atoms with E-state index >= 15 is 8.78 Å². The lowest BCUT2D eigenvalue weighted by atomic mass is 10.1. The molecule has 0 saturated heterocycles. The van der Waals surface area contributed by atoms with E-state index in [1.165, 1.54) is 19.2 Å². The average Bonchev–Trinajstić information content (AvgIpc) is 3.34. The second-order valence-corrected chi connectivity index (χ2v) is 19.0. The van der Waals surface area contributed by atoms with Crippen LogP contribution in [0.2, 0.25) is 23.2 Å². The number of rotatable bonds is 11. The Morgan fingerprint density at radius 3 is 2.38 bits per heavy atom. The number of sulfonamides is 1. The summed E-state index contributed by atoms with van der Waals surface area (Å²) in [4.78, 5) is 11.6. The number of nitrogens with one attached hydrogen (secondary N) is 1. The van der Waals surface area contributed by atoms with Gasteiger partial charge in [-0.05, 0) is 61.0 Å². The molecular weight excluding hydrogens is 642 g/mol. The van der Waals surface area contributed by atoms with Gasteiger partial charge < -0.3 is 18.5 Å². The molecule has 4 aromatic rings. The van der Waals surface area contributed by atoms with Gasteiger partial charge in [0.05, 0.1) is 30.5 Å². The lowest BCUT2D eigenvalue weighted by Crippen LogP contribution is -2.41. The Labute approximate surface area is 268 Å². The summed E-state index contributed by atoms with van der Waals surface area (Å²) in [5.74, 6) is -3.79. The largest absolute Gasteiger partial charge is 0.494 e. The van der Waals surface area contributed by atoms with Gasteiger partial charge in [0.25, 0.3) is 10.0 Å². The van der Waals surface area contributed by atoms with Crippen LogP contribution in [0.1, 0.15) is 37.6 Å². The molecule has 0 saturated carbocycles. The third kappa shape index (κ3) is 7.19. The molecule has 0 fully saturated rings. The minimum atomic E-state index is -4.65. The number of para-hydroxylation sites is 1. The van der Waals surface area contributed by atoms with Crippen LogP contribution in [-0.4, -0.2) is 48.1 Å². The van der Waals surface area contributed by atoms with Crippen LogP contribution in [0.4, 0.5) is 14.5 Å². The molecule has 0 amide bonds. The van der Waals surface area contributed by atoms with Crippen LogP contribution in [0.15, 0.2) is 59.5 Å². The highest BCUT2D eigenvalue weighted by Gasteiger charge is 2.37. The summed E-state index contributed by atoms with van der Waals surface area (Å²) in [5, 5.41) is 0.746. The molecule has 0 aliphatic rings. The van der Waals surface area contributed by atoms with Gasteiger partial charge in [-0.25, -0.2) is 22.0 Å². The number of anilines is 1. The van der Waals surface area contributed by atoms with Crippen molar-refractivity contribution in [2.24, 2.45) is 0 Å². The molecule has 242 valence electrons. The summed E-state index contributed by atoms with van der Waals surface area (Å²) in [6.07, 6.45) is 0.665. The highest BCUT2D eigenvalue weighted by Crippen LogP contribution is 2.38. The molecule has 0 spiro atoms. The predicted octanol–water partition coefficient (Wildman–Crippen LogP) is 8.25. The van der Waals surface area contributed by atoms with Crippen LogP contribution in [0.5, 0.6) is 5.75 Å². The molecule has 0 atom stereocenters. The van der Waals surface area contributed by atoms with Gasteiger partial charge in [0.1, 0.15) is 4.90 Å². The number of aryl methyl sites for hydroxylation is 1. The highest BCUT2D eigenvalue weighted by atomic mass is 35.5. The molecule has 0 aliphatic heterocycles. The third-order valence-electron chi connectivity index (χ3n) is 8.10. The normalized spacial score (nSPS) is 12.4. The van der Waals surface area contributed by atoms with Gasteiger partial charge in [-0.3, -0.25) is 4.72 Å². The molecular formula is C32H37ClF2N2O6SSi. The quantitative estimate of drug-likeness (QED) is 0.0975. The van der Waals surface area contributed by atoms with Gasteiger partial charge in [0.15, 0.2) is 25.7 Å². The number of benzene rings is 3. The van der Waals surface area contributed by atoms with Gasteiger partial charge >= 0.3 is 5.97 Å². The van der Waals surface area contributed by atoms with Crippen molar-refractivity contribution in [3.05, 3.63) is 76.8 Å². The Balaban J connectivity index is 1.74. The Hall–Kier alpha value is -3.45. The molecule has 0 bridgehead atoms. The standard InChI is InChI=1S/C32H37ClF2N2O6SSi/c1-32(2,3)45(6,7)43-14-10-13-37-26-12-9-8-11-20(26)18-27(37)21-16-24(34)29(35)25(17-21)36-44(39,40)28-19-22(31(38)42-5)15-23(33)30(28)41-4/h8-9,11-12,15-19,36H,10,13-14H2,1-7H3. The van der Waals surface area contributed by atoms with Crippen molar-refractivity contribution < 1.29 is 35.9 Å². The first-order valence-corrected chi connectivity index (χ1v) is 19.0. The Kier molecular flexibility index (Phi) is 10.0. The van der Waals surface area contributed by atoms with Crippen molar-refractivity contribution in [2.45, 2.75) is 56.8 Å². The van der Waals surface area contributed by atoms with Gasteiger partial charge in [-0.15, -0.1) is 0 Å². The molecule has 0 unspecified atom stereocenters. The van der Waals surface area contributed by atoms with Crippen molar-refractivity contribution in [3.8, 4) is 17.0 Å². The van der Waals surface area contributed by atoms with Gasteiger partial charge in [-0.2, -0.15) is 0 Å². The number of aromatic nitrogens is 1. The molecule has 4 rings (SSSR count). The van der Waals surface area contributed by atoms with Crippen molar-refractivity contribution >= 4 is 52.5 Å². The second kappa shape index (κ2) is 13.1. The fourth-order valence-corrected chi connectivity index (χ4v) is 7.38. The summed E-state index contributed by atoms with van der Waals surface area (Å²) in [5.41, 5.74) is 0.888. The van der Waals surface area contributed by atoms with Crippen LogP contribution in [0, 0.1) is 11.6 Å². The number of hydrogen-bond donors (Lipinski definition) is 1. The molecule has 3 aromatic carbocycles. The highest BCUT2D eigenvalue weighted by molar-refractivity contribution is 7.92. The molecule has 0 aliphatic carbocycles. The van der Waals surface area contributed by atoms with Crippen LogP contribution >= 0.6 is 11.6 Å². The molecule has 8 nitrogen and oxygen atoms in total. The summed E-state index contributed by atoms with van der Waals surface area (Å²) in [7, 11) is -4.30. The van der Waals surface area contributed by atoms with Crippen LogP contribution in [0.25, 0.3) is 22.2 Å². The maximum atomic E-state index is 15.2. The van der Waals surface area contributed by atoms with Gasteiger partial charge in [0.2, 0.25) is 0 Å². The van der Waals surface area contributed by atoms with E-state index < -0.39 is 46.5 Å². The maximum Gasteiger partial charge on any atom is 0.337 e. The topological polar surface area (TPSA) is 95.9 Å². The van der Waals surface area contributed by atoms with E-state index in [9.17, 15) is 13.2 Å². The smallest absolute Gasteiger partial charge is 0.337 e. The molecule has 45 heavy (non-hydrogen) atoms. The maximum absolute atomic E-state index is 15.2. The predicted molar refractivity (Wildman–Crippen MR) is 175 cm³/mol. The minimum absolute atomic E-state index is 0.0592. The molecule has 1 N–H and O–H groups in total. The number of fused-ring (bicyclic) bond motifs is 1. The van der Waals surface area contributed by atoms with E-state index in [1.807, 2.05) is 34.9 Å². The Morgan fingerprint density at radius 1 is 1.04 bits per heavy atom. The fraction of sp³-hybridized carbons (Fsp3) is 0.344. The summed E-state index contributed by atoms with van der Waals surface area (Å²) < 4.78 is 77.7. The summed E-state index contributed by atoms with van der Waals surface area (Å²) in [6.45, 7) is 11.9. The second-order valence-electron chi connectivity index (χ2n) is 12.1. The number of hydrogen-bond acceptors (Lipinski definition) is 6. The summed E-state index contributed by atoms with van der Waals surface area (Å²) in [6, 6.07) is 13.9. The van der Waals surface area contributed by atoms with Gasteiger partial charge in [-0.1, -0.05) is 50.6 Å². The number of nitrogens with zero attached hydrogens (tertiary/aromatic N) is 1. The van der Waals surface area contributed by atoms with E-state index in [2.05, 4.69) is 43.3 Å². The number of halogens is 3. The van der Waals surface area contributed by atoms with Crippen molar-refractivity contribution in [1.82, 2.24) is 4.57 Å². The first-order chi connectivity index (χ1) is 21.0. The van der Waals surface area contributed by atoms with Crippen LogP contribution < -0.4 is 9.46 Å². The molecule has 13 heteroatoms. The Bertz CT molecular complexity index is 1850. The minimum Gasteiger partial charge on any atom is -0.494 e. The number of esters is 1. The monoisotopic (exact) mass is 678 g/mol. The van der Waals surface area contributed by atoms with Crippen LogP contribution in [-0.2, 0) is 25.7 Å². The van der Waals surface area contributed by atoms with E-state index in [4.69, 9.17) is 20.8 Å². The zero-order valence-electron chi connectivity index (χ0n) is 26.3. The van der Waals surface area contributed by atoms with Crippen molar-refractivity contribution in [1.29, 1.82) is 0 Å². The zero-order valence-corrected chi connectivity index (χ0v) is 28.8. The van der Waals surface area contributed by atoms with E-state index in [0.29, 0.717) is 25.3 Å². The SMILES string of the molecule is COC(=O)c1cc(Cl)c(OC)c(S(=O)(=O)Nc2cc(-c3cc4ccccc4n3CCCO[Si](C)(C)C(C)(C)C)cc(F)c2F)c1. The lowest BCUT2D eigenvalue weighted by molar-refractivity contribution is 0.0600. The van der Waals surface area contributed by atoms with E-state index in [-0.39, 0.29) is 26.9 Å². The average molecular weight is 679 g/mol. The third-order valence-corrected chi connectivity index (χ3v) is 14.3. The van der Waals surface area contributed by atoms with E-state index in [1.54, 1.807) is 0 Å². The number of carbonyl (C=O) groups is 1. The first kappa shape index (κ1) is 34.4. The fourth-order valence-electron chi connectivity index (χ4n) is 4.67. The van der Waals surface area contributed by atoms with E-state index in [0.717, 1.165) is 30.1 Å².